The van der Waals surface area contributed by atoms with Crippen molar-refractivity contribution in [3.8, 4) is 0 Å². The maximum atomic E-state index is 13.0. The highest BCUT2D eigenvalue weighted by molar-refractivity contribution is 7.89. The lowest BCUT2D eigenvalue weighted by atomic mass is 9.96. The average Bonchev–Trinajstić information content (AvgIpc) is 2.65. The summed E-state index contributed by atoms with van der Waals surface area (Å²) in [5, 5.41) is 0. The molecule has 146 valence electrons. The Morgan fingerprint density at radius 2 is 1.67 bits per heavy atom. The van der Waals surface area contributed by atoms with Gasteiger partial charge in [0.25, 0.3) is 0 Å². The van der Waals surface area contributed by atoms with Crippen molar-refractivity contribution >= 4 is 15.7 Å². The molecule has 1 N–H and O–H groups in total. The molecular weight excluding hydrogens is 356 g/mol. The molecule has 27 heavy (non-hydrogen) atoms. The Morgan fingerprint density at radius 3 is 2.15 bits per heavy atom. The summed E-state index contributed by atoms with van der Waals surface area (Å²) in [6.07, 6.45) is 3.82. The molecule has 0 heterocycles. The van der Waals surface area contributed by atoms with Gasteiger partial charge in [-0.1, -0.05) is 54.8 Å². The van der Waals surface area contributed by atoms with Gasteiger partial charge in [0.15, 0.2) is 0 Å². The van der Waals surface area contributed by atoms with Crippen molar-refractivity contribution < 1.29 is 8.42 Å². The minimum atomic E-state index is -3.63. The van der Waals surface area contributed by atoms with E-state index in [-0.39, 0.29) is 10.9 Å². The van der Waals surface area contributed by atoms with Crippen molar-refractivity contribution in [2.24, 2.45) is 0 Å². The molecule has 0 saturated carbocycles. The molecule has 0 spiro atoms. The highest BCUT2D eigenvalue weighted by Crippen LogP contribution is 2.29. The Bertz CT molecular complexity index is 868. The van der Waals surface area contributed by atoms with Gasteiger partial charge in [0.2, 0.25) is 10.0 Å². The number of anilines is 1. The Morgan fingerprint density at radius 1 is 1.07 bits per heavy atom. The number of aryl methyl sites for hydroxylation is 1. The van der Waals surface area contributed by atoms with Crippen molar-refractivity contribution in [3.63, 3.8) is 0 Å². The van der Waals surface area contributed by atoms with Crippen LogP contribution in [-0.4, -0.2) is 22.5 Å². The molecule has 1 atom stereocenters. The number of nitrogens with zero attached hydrogens (tertiary/aromatic N) is 1. The van der Waals surface area contributed by atoms with Gasteiger partial charge in [0, 0.05) is 19.8 Å². The second kappa shape index (κ2) is 9.20. The molecule has 0 aromatic heterocycles. The molecule has 0 fully saturated rings. The summed E-state index contributed by atoms with van der Waals surface area (Å²) in [7, 11) is 0.349. The first kappa shape index (κ1) is 21.2. The van der Waals surface area contributed by atoms with Crippen LogP contribution in [0.15, 0.2) is 65.1 Å². The van der Waals surface area contributed by atoms with Gasteiger partial charge in [-0.05, 0) is 50.1 Å². The third-order valence-electron chi connectivity index (χ3n) is 4.63. The Kier molecular flexibility index (Phi) is 7.22. The third-order valence-corrected chi connectivity index (χ3v) is 6.07. The van der Waals surface area contributed by atoms with Crippen LogP contribution in [0.25, 0.3) is 0 Å². The standard InChI is InChI=1S/C22H30N2O2S/c1-6-8-18(7-2)22(19-11-13-20(14-12-19)24(4)5)23-27(25,26)21-15-9-17(3)10-16-21/h7,9-16,22-23H,6,8H2,1-5H3/b18-7+. The van der Waals surface area contributed by atoms with Crippen molar-refractivity contribution in [2.75, 3.05) is 19.0 Å². The zero-order valence-electron chi connectivity index (χ0n) is 16.9. The van der Waals surface area contributed by atoms with Crippen molar-refractivity contribution in [2.45, 2.75) is 44.6 Å². The Labute approximate surface area is 164 Å². The van der Waals surface area contributed by atoms with Gasteiger partial charge in [-0.25, -0.2) is 8.42 Å². The normalized spacial score (nSPS) is 13.4. The van der Waals surface area contributed by atoms with E-state index in [9.17, 15) is 8.42 Å². The van der Waals surface area contributed by atoms with Crippen LogP contribution in [0.4, 0.5) is 5.69 Å². The highest BCUT2D eigenvalue weighted by Gasteiger charge is 2.24. The molecular formula is C22H30N2O2S. The fourth-order valence-electron chi connectivity index (χ4n) is 3.01. The molecule has 0 aliphatic rings. The van der Waals surface area contributed by atoms with E-state index in [0.29, 0.717) is 0 Å². The van der Waals surface area contributed by atoms with Gasteiger partial charge in [-0.3, -0.25) is 0 Å². The fraction of sp³-hybridized carbons (Fsp3) is 0.364. The van der Waals surface area contributed by atoms with E-state index in [0.717, 1.165) is 35.2 Å². The summed E-state index contributed by atoms with van der Waals surface area (Å²) in [5.41, 5.74) is 4.13. The second-order valence-corrected chi connectivity index (χ2v) is 8.68. The first-order valence-corrected chi connectivity index (χ1v) is 10.8. The molecule has 5 heteroatoms. The first-order valence-electron chi connectivity index (χ1n) is 9.30. The predicted octanol–water partition coefficient (Wildman–Crippen LogP) is 4.83. The summed E-state index contributed by atoms with van der Waals surface area (Å²) in [6, 6.07) is 14.6. The van der Waals surface area contributed by atoms with Crippen LogP contribution in [0.2, 0.25) is 0 Å². The van der Waals surface area contributed by atoms with Crippen LogP contribution in [0.1, 0.15) is 43.9 Å². The van der Waals surface area contributed by atoms with E-state index < -0.39 is 10.0 Å². The molecule has 0 aliphatic heterocycles. The highest BCUT2D eigenvalue weighted by atomic mass is 32.2. The van der Waals surface area contributed by atoms with E-state index in [1.807, 2.05) is 75.3 Å². The Balaban J connectivity index is 2.42. The number of sulfonamides is 1. The molecule has 0 amide bonds. The van der Waals surface area contributed by atoms with Gasteiger partial charge < -0.3 is 4.90 Å². The van der Waals surface area contributed by atoms with E-state index in [1.54, 1.807) is 12.1 Å². The fourth-order valence-corrected chi connectivity index (χ4v) is 4.24. The van der Waals surface area contributed by atoms with Crippen LogP contribution in [0, 0.1) is 6.92 Å². The SMILES string of the molecule is C/C=C(\CCC)C(NS(=O)(=O)c1ccc(C)cc1)c1ccc(N(C)C)cc1. The molecule has 2 aromatic carbocycles. The lowest BCUT2D eigenvalue weighted by molar-refractivity contribution is 0.566. The second-order valence-electron chi connectivity index (χ2n) is 6.97. The minimum Gasteiger partial charge on any atom is -0.378 e. The van der Waals surface area contributed by atoms with Crippen molar-refractivity contribution in [1.82, 2.24) is 4.72 Å². The smallest absolute Gasteiger partial charge is 0.241 e. The van der Waals surface area contributed by atoms with Crippen LogP contribution >= 0.6 is 0 Å². The van der Waals surface area contributed by atoms with Crippen LogP contribution in [0.3, 0.4) is 0 Å². The topological polar surface area (TPSA) is 49.4 Å². The predicted molar refractivity (Wildman–Crippen MR) is 114 cm³/mol. The maximum absolute atomic E-state index is 13.0. The number of nitrogens with one attached hydrogen (secondary N) is 1. The van der Waals surface area contributed by atoms with Gasteiger partial charge in [0.1, 0.15) is 0 Å². The minimum absolute atomic E-state index is 0.287. The van der Waals surface area contributed by atoms with Crippen molar-refractivity contribution in [1.29, 1.82) is 0 Å². The number of rotatable bonds is 8. The summed E-state index contributed by atoms with van der Waals surface area (Å²) in [4.78, 5) is 2.31. The van der Waals surface area contributed by atoms with Crippen LogP contribution < -0.4 is 9.62 Å². The zero-order chi connectivity index (χ0) is 20.0. The largest absolute Gasteiger partial charge is 0.378 e. The number of allylic oxidation sites excluding steroid dienone is 1. The lowest BCUT2D eigenvalue weighted by Crippen LogP contribution is -2.30. The number of hydrogen-bond acceptors (Lipinski definition) is 3. The van der Waals surface area contributed by atoms with E-state index >= 15 is 0 Å². The molecule has 0 bridgehead atoms. The van der Waals surface area contributed by atoms with E-state index in [2.05, 4.69) is 11.6 Å². The lowest BCUT2D eigenvalue weighted by Gasteiger charge is -2.23. The summed E-state index contributed by atoms with van der Waals surface area (Å²) < 4.78 is 28.9. The number of benzene rings is 2. The van der Waals surface area contributed by atoms with Crippen molar-refractivity contribution in [3.05, 3.63) is 71.3 Å². The quantitative estimate of drug-likeness (QED) is 0.661. The molecule has 4 nitrogen and oxygen atoms in total. The van der Waals surface area contributed by atoms with E-state index in [4.69, 9.17) is 0 Å². The first-order chi connectivity index (χ1) is 12.8. The van der Waals surface area contributed by atoms with E-state index in [1.165, 1.54) is 0 Å². The molecule has 0 saturated heterocycles. The molecule has 1 unspecified atom stereocenters. The van der Waals surface area contributed by atoms with Gasteiger partial charge in [-0.15, -0.1) is 0 Å². The molecule has 2 aromatic rings. The zero-order valence-corrected chi connectivity index (χ0v) is 17.7. The maximum Gasteiger partial charge on any atom is 0.241 e. The Hall–Kier alpha value is -2.11. The van der Waals surface area contributed by atoms with Gasteiger partial charge in [0.05, 0.1) is 10.9 Å². The summed E-state index contributed by atoms with van der Waals surface area (Å²) in [5.74, 6) is 0. The molecule has 0 aliphatic carbocycles. The third kappa shape index (κ3) is 5.44. The van der Waals surface area contributed by atoms with Crippen LogP contribution in [-0.2, 0) is 10.0 Å². The van der Waals surface area contributed by atoms with Crippen LogP contribution in [0.5, 0.6) is 0 Å². The summed E-state index contributed by atoms with van der Waals surface area (Å²) in [6.45, 7) is 6.01. The summed E-state index contributed by atoms with van der Waals surface area (Å²) >= 11 is 0. The molecule has 0 radical (unpaired) electrons. The average molecular weight is 387 g/mol. The van der Waals surface area contributed by atoms with Gasteiger partial charge >= 0.3 is 0 Å². The molecule has 2 rings (SSSR count). The monoisotopic (exact) mass is 386 g/mol. The van der Waals surface area contributed by atoms with Gasteiger partial charge in [-0.2, -0.15) is 4.72 Å². The number of hydrogen-bond donors (Lipinski definition) is 1.